The van der Waals surface area contributed by atoms with Crippen LogP contribution in [0.25, 0.3) is 0 Å². The number of ketones is 1. The van der Waals surface area contributed by atoms with Crippen molar-refractivity contribution < 1.29 is 14.7 Å². The minimum atomic E-state index is -1.21. The minimum Gasteiger partial charge on any atom is -0.465 e. The molecular weight excluding hydrogens is 146 g/mol. The molecule has 0 saturated carbocycles. The Labute approximate surface area is 56.8 Å². The van der Waals surface area contributed by atoms with Crippen molar-refractivity contribution in [3.8, 4) is 0 Å². The molecule has 0 spiro atoms. The molecule has 0 radical (unpaired) electrons. The molecule has 0 aliphatic rings. The second kappa shape index (κ2) is 4.14. The van der Waals surface area contributed by atoms with Gasteiger partial charge in [0, 0.05) is 0 Å². The van der Waals surface area contributed by atoms with Gasteiger partial charge in [-0.25, -0.2) is 4.79 Å². The van der Waals surface area contributed by atoms with E-state index in [9.17, 15) is 9.59 Å². The molecule has 0 rings (SSSR count). The summed E-state index contributed by atoms with van der Waals surface area (Å²) >= 11 is 5.05. The van der Waals surface area contributed by atoms with Gasteiger partial charge in [0.25, 0.3) is 0 Å². The zero-order valence-electron chi connectivity index (χ0n) is 4.56. The third-order valence-corrected chi connectivity index (χ3v) is 0.884. The maximum Gasteiger partial charge on any atom is 0.405 e. The predicted molar refractivity (Wildman–Crippen MR) is 31.8 cm³/mol. The Bertz CT molecular complexity index is 125. The van der Waals surface area contributed by atoms with E-state index in [2.05, 4.69) is 0 Å². The van der Waals surface area contributed by atoms with Gasteiger partial charge in [0.2, 0.25) is 0 Å². The summed E-state index contributed by atoms with van der Waals surface area (Å²) in [5.74, 6) is -0.487. The van der Waals surface area contributed by atoms with Gasteiger partial charge in [-0.15, -0.1) is 11.6 Å². The third kappa shape index (κ3) is 5.10. The summed E-state index contributed by atoms with van der Waals surface area (Å²) in [6, 6.07) is 0. The molecule has 0 aliphatic heterocycles. The van der Waals surface area contributed by atoms with Crippen molar-refractivity contribution in [3.05, 3.63) is 0 Å². The molecule has 5 heteroatoms. The van der Waals surface area contributed by atoms with Gasteiger partial charge in [0.05, 0.1) is 12.4 Å². The molecule has 9 heavy (non-hydrogen) atoms. The Hall–Kier alpha value is -0.770. The molecule has 4 nitrogen and oxygen atoms in total. The van der Waals surface area contributed by atoms with Crippen LogP contribution < -0.4 is 5.32 Å². The molecule has 1 amide bonds. The normalized spacial score (nSPS) is 8.56. The van der Waals surface area contributed by atoms with Crippen molar-refractivity contribution in [1.82, 2.24) is 5.32 Å². The van der Waals surface area contributed by atoms with Crippen LogP contribution in [0.2, 0.25) is 0 Å². The number of hydrogen-bond acceptors (Lipinski definition) is 2. The van der Waals surface area contributed by atoms with Gasteiger partial charge in [-0.1, -0.05) is 0 Å². The number of carboxylic acid groups (broad SMARTS) is 1. The lowest BCUT2D eigenvalue weighted by molar-refractivity contribution is -0.115. The van der Waals surface area contributed by atoms with Crippen molar-refractivity contribution in [2.24, 2.45) is 0 Å². The molecule has 0 atom stereocenters. The molecule has 0 fully saturated rings. The van der Waals surface area contributed by atoms with Crippen LogP contribution in [-0.4, -0.2) is 29.4 Å². The SMILES string of the molecule is O=C(CCl)CNC(=O)O. The summed E-state index contributed by atoms with van der Waals surface area (Å²) in [5.41, 5.74) is 0. The van der Waals surface area contributed by atoms with Crippen molar-refractivity contribution in [2.75, 3.05) is 12.4 Å². The van der Waals surface area contributed by atoms with Crippen LogP contribution in [-0.2, 0) is 4.79 Å². The Kier molecular flexibility index (Phi) is 3.79. The quantitative estimate of drug-likeness (QED) is 0.561. The fourth-order valence-corrected chi connectivity index (χ4v) is 0.316. The van der Waals surface area contributed by atoms with E-state index < -0.39 is 6.09 Å². The molecule has 0 unspecified atom stereocenters. The van der Waals surface area contributed by atoms with Crippen molar-refractivity contribution in [3.63, 3.8) is 0 Å². The third-order valence-electron chi connectivity index (χ3n) is 0.586. The number of amides is 1. The average Bonchev–Trinajstić information content (AvgIpc) is 1.83. The summed E-state index contributed by atoms with van der Waals surface area (Å²) < 4.78 is 0. The Morgan fingerprint density at radius 1 is 1.56 bits per heavy atom. The molecule has 0 aliphatic carbocycles. The van der Waals surface area contributed by atoms with Crippen molar-refractivity contribution in [2.45, 2.75) is 0 Å². The first-order chi connectivity index (χ1) is 4.16. The lowest BCUT2D eigenvalue weighted by atomic mass is 10.4. The second-order valence-electron chi connectivity index (χ2n) is 1.33. The van der Waals surface area contributed by atoms with E-state index in [-0.39, 0.29) is 18.2 Å². The number of carbonyl (C=O) groups excluding carboxylic acids is 1. The highest BCUT2D eigenvalue weighted by Crippen LogP contribution is 1.75. The minimum absolute atomic E-state index is 0.152. The molecule has 0 heterocycles. The molecule has 0 bridgehead atoms. The van der Waals surface area contributed by atoms with Crippen LogP contribution in [0.3, 0.4) is 0 Å². The van der Waals surface area contributed by atoms with Crippen LogP contribution in [0.4, 0.5) is 4.79 Å². The number of nitrogens with one attached hydrogen (secondary N) is 1. The smallest absolute Gasteiger partial charge is 0.405 e. The maximum atomic E-state index is 10.3. The summed E-state index contributed by atoms with van der Waals surface area (Å²) in [4.78, 5) is 20.0. The van der Waals surface area contributed by atoms with E-state index >= 15 is 0 Å². The van der Waals surface area contributed by atoms with E-state index in [0.29, 0.717) is 0 Å². The van der Waals surface area contributed by atoms with Crippen molar-refractivity contribution in [1.29, 1.82) is 0 Å². The van der Waals surface area contributed by atoms with Gasteiger partial charge in [0.15, 0.2) is 5.78 Å². The van der Waals surface area contributed by atoms with E-state index in [1.54, 1.807) is 0 Å². The summed E-state index contributed by atoms with van der Waals surface area (Å²) in [6.45, 7) is -0.209. The summed E-state index contributed by atoms with van der Waals surface area (Å²) in [7, 11) is 0. The number of carbonyl (C=O) groups is 2. The Morgan fingerprint density at radius 2 is 2.11 bits per heavy atom. The number of alkyl halides is 1. The summed E-state index contributed by atoms with van der Waals surface area (Å²) in [5, 5.41) is 9.83. The highest BCUT2D eigenvalue weighted by Gasteiger charge is 1.99. The predicted octanol–water partition coefficient (Wildman–Crippen LogP) is 0.0619. The van der Waals surface area contributed by atoms with Crippen LogP contribution in [0.5, 0.6) is 0 Å². The zero-order chi connectivity index (χ0) is 7.28. The van der Waals surface area contributed by atoms with Crippen LogP contribution in [0, 0.1) is 0 Å². The van der Waals surface area contributed by atoms with Gasteiger partial charge >= 0.3 is 6.09 Å². The fourth-order valence-electron chi connectivity index (χ4n) is 0.221. The Morgan fingerprint density at radius 3 is 2.44 bits per heavy atom. The van der Waals surface area contributed by atoms with E-state index in [1.807, 2.05) is 5.32 Å². The van der Waals surface area contributed by atoms with Crippen LogP contribution >= 0.6 is 11.6 Å². The van der Waals surface area contributed by atoms with E-state index in [4.69, 9.17) is 16.7 Å². The Balaban J connectivity index is 3.28. The van der Waals surface area contributed by atoms with E-state index in [1.165, 1.54) is 0 Å². The van der Waals surface area contributed by atoms with E-state index in [0.717, 1.165) is 0 Å². The molecule has 0 aromatic heterocycles. The first kappa shape index (κ1) is 8.23. The van der Waals surface area contributed by atoms with Crippen LogP contribution in [0.1, 0.15) is 0 Å². The second-order valence-corrected chi connectivity index (χ2v) is 1.60. The maximum absolute atomic E-state index is 10.3. The number of hydrogen-bond donors (Lipinski definition) is 2. The highest BCUT2D eigenvalue weighted by molar-refractivity contribution is 6.28. The lowest BCUT2D eigenvalue weighted by Gasteiger charge is -1.94. The highest BCUT2D eigenvalue weighted by atomic mass is 35.5. The first-order valence-corrected chi connectivity index (χ1v) is 2.74. The summed E-state index contributed by atoms with van der Waals surface area (Å²) in [6.07, 6.45) is -1.21. The van der Waals surface area contributed by atoms with Gasteiger partial charge in [-0.05, 0) is 0 Å². The average molecular weight is 152 g/mol. The van der Waals surface area contributed by atoms with Gasteiger partial charge in [-0.3, -0.25) is 4.79 Å². The molecule has 52 valence electrons. The standard InChI is InChI=1S/C4H6ClNO3/c5-1-3(7)2-6-4(8)9/h6H,1-2H2,(H,8,9). The number of rotatable bonds is 3. The molecule has 0 aromatic rings. The fraction of sp³-hybridized carbons (Fsp3) is 0.500. The van der Waals surface area contributed by atoms with Crippen molar-refractivity contribution >= 4 is 23.5 Å². The first-order valence-electron chi connectivity index (χ1n) is 2.21. The lowest BCUT2D eigenvalue weighted by Crippen LogP contribution is -2.28. The molecule has 2 N–H and O–H groups in total. The topological polar surface area (TPSA) is 66.4 Å². The largest absolute Gasteiger partial charge is 0.465 e. The van der Waals surface area contributed by atoms with Gasteiger partial charge < -0.3 is 10.4 Å². The monoisotopic (exact) mass is 151 g/mol. The molecule has 0 aromatic carbocycles. The molecule has 0 saturated heterocycles. The van der Waals surface area contributed by atoms with Crippen LogP contribution in [0.15, 0.2) is 0 Å². The zero-order valence-corrected chi connectivity index (χ0v) is 5.31. The number of halogens is 1. The molecular formula is C4H6ClNO3. The van der Waals surface area contributed by atoms with Gasteiger partial charge in [0.1, 0.15) is 0 Å². The number of Topliss-reactive ketones (excluding diaryl/α,β-unsaturated/α-hetero) is 1. The van der Waals surface area contributed by atoms with Gasteiger partial charge in [-0.2, -0.15) is 0 Å².